The van der Waals surface area contributed by atoms with Crippen molar-refractivity contribution >= 4 is 0 Å². The lowest BCUT2D eigenvalue weighted by Gasteiger charge is -2.18. The Morgan fingerprint density at radius 3 is 2.43 bits per heavy atom. The standard InChI is InChI=1S/C18H21NO2/c1-20-16-10-6-9-13(18(16)21-2)17(19)15-11-14(15)12-7-4-3-5-8-12/h3-10,14-15,17H,11,19H2,1-2H3. The van der Waals surface area contributed by atoms with Gasteiger partial charge in [-0.15, -0.1) is 0 Å². The highest BCUT2D eigenvalue weighted by atomic mass is 16.5. The lowest BCUT2D eigenvalue weighted by molar-refractivity contribution is 0.348. The van der Waals surface area contributed by atoms with E-state index in [0.717, 1.165) is 23.5 Å². The molecule has 3 heteroatoms. The molecule has 1 aliphatic rings. The van der Waals surface area contributed by atoms with E-state index in [9.17, 15) is 0 Å². The molecule has 0 bridgehead atoms. The average Bonchev–Trinajstić information content (AvgIpc) is 3.34. The number of nitrogens with two attached hydrogens (primary N) is 1. The third-order valence-electron chi connectivity index (χ3n) is 4.32. The number of hydrogen-bond donors (Lipinski definition) is 1. The lowest BCUT2D eigenvalue weighted by Crippen LogP contribution is -2.15. The summed E-state index contributed by atoms with van der Waals surface area (Å²) in [6.07, 6.45) is 1.13. The summed E-state index contributed by atoms with van der Waals surface area (Å²) in [6.45, 7) is 0. The van der Waals surface area contributed by atoms with Crippen molar-refractivity contribution in [2.75, 3.05) is 14.2 Å². The van der Waals surface area contributed by atoms with Crippen LogP contribution in [0.4, 0.5) is 0 Å². The lowest BCUT2D eigenvalue weighted by atomic mass is 9.98. The van der Waals surface area contributed by atoms with Crippen LogP contribution in [-0.4, -0.2) is 14.2 Å². The molecule has 3 nitrogen and oxygen atoms in total. The first-order valence-corrected chi connectivity index (χ1v) is 7.27. The number of hydrogen-bond acceptors (Lipinski definition) is 3. The molecule has 110 valence electrons. The molecule has 1 aliphatic carbocycles. The summed E-state index contributed by atoms with van der Waals surface area (Å²) in [4.78, 5) is 0. The van der Waals surface area contributed by atoms with Crippen molar-refractivity contribution in [3.05, 3.63) is 59.7 Å². The Morgan fingerprint density at radius 1 is 1.00 bits per heavy atom. The van der Waals surface area contributed by atoms with Gasteiger partial charge in [-0.2, -0.15) is 0 Å². The minimum absolute atomic E-state index is 0.0275. The van der Waals surface area contributed by atoms with E-state index in [1.54, 1.807) is 14.2 Å². The molecule has 21 heavy (non-hydrogen) atoms. The normalized spacial score (nSPS) is 21.7. The predicted octanol–water partition coefficient (Wildman–Crippen LogP) is 3.51. The first kappa shape index (κ1) is 14.0. The Labute approximate surface area is 125 Å². The zero-order valence-electron chi connectivity index (χ0n) is 12.5. The van der Waals surface area contributed by atoms with Gasteiger partial charge in [0.25, 0.3) is 0 Å². The number of ether oxygens (including phenoxy) is 2. The van der Waals surface area contributed by atoms with Gasteiger partial charge in [0.05, 0.1) is 14.2 Å². The maximum Gasteiger partial charge on any atom is 0.165 e. The highest BCUT2D eigenvalue weighted by Gasteiger charge is 2.43. The minimum Gasteiger partial charge on any atom is -0.493 e. The number of benzene rings is 2. The van der Waals surface area contributed by atoms with Gasteiger partial charge in [0.1, 0.15) is 0 Å². The first-order valence-electron chi connectivity index (χ1n) is 7.27. The van der Waals surface area contributed by atoms with E-state index < -0.39 is 0 Å². The number of methoxy groups -OCH3 is 2. The third-order valence-corrected chi connectivity index (χ3v) is 4.32. The fraction of sp³-hybridized carbons (Fsp3) is 0.333. The molecule has 2 N–H and O–H groups in total. The molecule has 3 atom stereocenters. The molecule has 1 fully saturated rings. The van der Waals surface area contributed by atoms with Crippen LogP contribution in [0.3, 0.4) is 0 Å². The number of rotatable bonds is 5. The van der Waals surface area contributed by atoms with Gasteiger partial charge >= 0.3 is 0 Å². The van der Waals surface area contributed by atoms with Gasteiger partial charge in [-0.25, -0.2) is 0 Å². The summed E-state index contributed by atoms with van der Waals surface area (Å²) in [5, 5.41) is 0. The topological polar surface area (TPSA) is 44.5 Å². The van der Waals surface area contributed by atoms with Crippen LogP contribution in [-0.2, 0) is 0 Å². The Bertz CT molecular complexity index is 612. The van der Waals surface area contributed by atoms with Crippen LogP contribution in [0.15, 0.2) is 48.5 Å². The van der Waals surface area contributed by atoms with Crippen molar-refractivity contribution in [3.8, 4) is 11.5 Å². The molecule has 0 amide bonds. The van der Waals surface area contributed by atoms with Crippen molar-refractivity contribution in [2.45, 2.75) is 18.4 Å². The molecule has 1 saturated carbocycles. The quantitative estimate of drug-likeness (QED) is 0.913. The maximum absolute atomic E-state index is 6.49. The van der Waals surface area contributed by atoms with Crippen LogP contribution in [0.1, 0.15) is 29.5 Å². The summed E-state index contributed by atoms with van der Waals surface area (Å²) in [6, 6.07) is 16.5. The van der Waals surface area contributed by atoms with E-state index in [2.05, 4.69) is 24.3 Å². The Balaban J connectivity index is 1.83. The van der Waals surface area contributed by atoms with Crippen LogP contribution in [0.25, 0.3) is 0 Å². The van der Waals surface area contributed by atoms with Crippen LogP contribution in [0, 0.1) is 5.92 Å². The van der Waals surface area contributed by atoms with Gasteiger partial charge in [0.2, 0.25) is 0 Å². The van der Waals surface area contributed by atoms with Gasteiger partial charge in [-0.3, -0.25) is 0 Å². The SMILES string of the molecule is COc1cccc(C(N)C2CC2c2ccccc2)c1OC. The second-order valence-corrected chi connectivity index (χ2v) is 5.53. The van der Waals surface area contributed by atoms with Crippen molar-refractivity contribution in [1.82, 2.24) is 0 Å². The van der Waals surface area contributed by atoms with Crippen LogP contribution in [0.2, 0.25) is 0 Å². The second kappa shape index (κ2) is 5.78. The fourth-order valence-corrected chi connectivity index (χ4v) is 3.10. The third kappa shape index (κ3) is 2.61. The van der Waals surface area contributed by atoms with Crippen molar-refractivity contribution in [2.24, 2.45) is 11.7 Å². The second-order valence-electron chi connectivity index (χ2n) is 5.53. The summed E-state index contributed by atoms with van der Waals surface area (Å²) >= 11 is 0. The molecule has 3 unspecified atom stereocenters. The predicted molar refractivity (Wildman–Crippen MR) is 83.8 cm³/mol. The van der Waals surface area contributed by atoms with E-state index in [1.807, 2.05) is 24.3 Å². The molecule has 0 radical (unpaired) electrons. The highest BCUT2D eigenvalue weighted by Crippen LogP contribution is 2.54. The molecular formula is C18H21NO2. The van der Waals surface area contributed by atoms with Gasteiger partial charge in [0, 0.05) is 11.6 Å². The molecule has 0 saturated heterocycles. The average molecular weight is 283 g/mol. The molecule has 2 aromatic carbocycles. The van der Waals surface area contributed by atoms with Crippen molar-refractivity contribution < 1.29 is 9.47 Å². The van der Waals surface area contributed by atoms with E-state index in [-0.39, 0.29) is 6.04 Å². The Hall–Kier alpha value is -2.00. The van der Waals surface area contributed by atoms with E-state index in [1.165, 1.54) is 5.56 Å². The summed E-state index contributed by atoms with van der Waals surface area (Å²) in [5.41, 5.74) is 8.90. The van der Waals surface area contributed by atoms with Crippen molar-refractivity contribution in [3.63, 3.8) is 0 Å². The number of para-hydroxylation sites is 1. The molecule has 0 spiro atoms. The van der Waals surface area contributed by atoms with Crippen LogP contribution >= 0.6 is 0 Å². The maximum atomic E-state index is 6.49. The van der Waals surface area contributed by atoms with Gasteiger partial charge in [-0.05, 0) is 29.9 Å². The molecule has 0 aliphatic heterocycles. The van der Waals surface area contributed by atoms with Crippen molar-refractivity contribution in [1.29, 1.82) is 0 Å². The summed E-state index contributed by atoms with van der Waals surface area (Å²) in [7, 11) is 3.31. The monoisotopic (exact) mass is 283 g/mol. The molecule has 2 aromatic rings. The van der Waals surface area contributed by atoms with E-state index in [0.29, 0.717) is 11.8 Å². The molecular weight excluding hydrogens is 262 g/mol. The van der Waals surface area contributed by atoms with Gasteiger partial charge in [-0.1, -0.05) is 42.5 Å². The van der Waals surface area contributed by atoms with E-state index in [4.69, 9.17) is 15.2 Å². The Kier molecular flexibility index (Phi) is 3.84. The summed E-state index contributed by atoms with van der Waals surface area (Å²) < 4.78 is 10.9. The molecule has 0 aromatic heterocycles. The minimum atomic E-state index is -0.0275. The molecule has 3 rings (SSSR count). The molecule has 0 heterocycles. The zero-order valence-corrected chi connectivity index (χ0v) is 12.5. The fourth-order valence-electron chi connectivity index (χ4n) is 3.10. The summed E-state index contributed by atoms with van der Waals surface area (Å²) in [5.74, 6) is 2.51. The smallest absolute Gasteiger partial charge is 0.165 e. The van der Waals surface area contributed by atoms with E-state index >= 15 is 0 Å². The Morgan fingerprint density at radius 2 is 1.76 bits per heavy atom. The zero-order chi connectivity index (χ0) is 14.8. The van der Waals surface area contributed by atoms with Crippen LogP contribution < -0.4 is 15.2 Å². The van der Waals surface area contributed by atoms with Crippen LogP contribution in [0.5, 0.6) is 11.5 Å². The van der Waals surface area contributed by atoms with Gasteiger partial charge < -0.3 is 15.2 Å². The van der Waals surface area contributed by atoms with Gasteiger partial charge in [0.15, 0.2) is 11.5 Å². The largest absolute Gasteiger partial charge is 0.493 e. The highest BCUT2D eigenvalue weighted by molar-refractivity contribution is 5.49. The first-order chi connectivity index (χ1) is 10.3.